The van der Waals surface area contributed by atoms with Gasteiger partial charge < -0.3 is 34.8 Å². The van der Waals surface area contributed by atoms with Crippen LogP contribution in [-0.2, 0) is 610 Å². The summed E-state index contributed by atoms with van der Waals surface area (Å²) in [5, 5.41) is 0. The van der Waals surface area contributed by atoms with E-state index in [2.05, 4.69) is 169 Å². The van der Waals surface area contributed by atoms with Crippen molar-refractivity contribution in [1.82, 2.24) is 0 Å². The van der Waals surface area contributed by atoms with Gasteiger partial charge in [0.25, 0.3) is 0 Å². The molecule has 0 unspecified atom stereocenters. The second kappa shape index (κ2) is 181. The quantitative estimate of drug-likeness (QED) is 0.169. The van der Waals surface area contributed by atoms with Crippen molar-refractivity contribution in [2.24, 2.45) is 0 Å². The van der Waals surface area contributed by atoms with Crippen LogP contribution < -0.4 is 0 Å². The van der Waals surface area contributed by atoms with E-state index in [4.69, 9.17) is 23.5 Å². The first kappa shape index (κ1) is 258. The predicted octanol–water partition coefficient (Wildman–Crippen LogP) is 11.5. The van der Waals surface area contributed by atoms with E-state index in [1.807, 2.05) is 7.11 Å². The fraction of sp³-hybridized carbons (Fsp3) is 0.875. The van der Waals surface area contributed by atoms with Crippen LogP contribution in [0.5, 0.6) is 0 Å². The maximum absolute atomic E-state index is 6.02. The maximum Gasteiger partial charge on any atom is 0.186 e. The van der Waals surface area contributed by atoms with Gasteiger partial charge in [-0.05, 0) is 92.5 Å². The molecule has 0 saturated carbocycles. The normalized spacial score (nSPS) is 6.75. The molecule has 0 amide bonds. The maximum atomic E-state index is 6.02. The van der Waals surface area contributed by atoms with Gasteiger partial charge in [0.15, 0.2) is 42.3 Å². The van der Waals surface area contributed by atoms with Crippen molar-refractivity contribution >= 4 is 71.1 Å². The van der Waals surface area contributed by atoms with Crippen LogP contribution in [0, 0.1) is 0 Å². The van der Waals surface area contributed by atoms with Gasteiger partial charge in [-0.25, -0.2) is 0 Å². The molecule has 0 spiro atoms. The molecule has 44 heteroatoms. The van der Waals surface area contributed by atoms with E-state index in [1.54, 1.807) is 28.4 Å². The smallest absolute Gasteiger partial charge is 0.186 e. The first-order chi connectivity index (χ1) is 20.1. The van der Waals surface area contributed by atoms with Crippen molar-refractivity contribution in [2.45, 2.75) is 144 Å². The van der Waals surface area contributed by atoms with Gasteiger partial charge in [-0.1, -0.05) is 52.6 Å². The van der Waals surface area contributed by atoms with Gasteiger partial charge in [0.1, 0.15) is 0 Å². The van der Waals surface area contributed by atoms with Crippen molar-refractivity contribution in [3.05, 3.63) is 24.6 Å². The van der Waals surface area contributed by atoms with Crippen LogP contribution in [0.25, 0.3) is 0 Å². The van der Waals surface area contributed by atoms with E-state index in [0.717, 1.165) is 0 Å². The third-order valence-corrected chi connectivity index (χ3v) is 14.8. The standard InChI is InChI=1S/C6H16OSi.2C5H12Si.3C4H12OSi.C3H10OSi.CH4S.31V/c1-5-6-8(3,4)7-2;5*1-5-6(2,3)4;1-4-5(2)3;1-2;;;;;;;;;;;;;;;;;;;;;;;;;;;;;;;/h5-6H2,1-4H3;2*5H,1H2,2-4H3;3*1-4H3;5H,1-3H3;2H,1H3;;;;;;;;;;;;;;;;;;;;;;;;;;;;;;;/p-1/i;;;;;;;1D;;;;;;;;;;;;;;;;;;;;;;;;;;;;;;;. The second-order valence-corrected chi connectivity index (χ2v) is 47.3. The summed E-state index contributed by atoms with van der Waals surface area (Å²) >= 11 is 4.06. The van der Waals surface area contributed by atoms with Gasteiger partial charge in [0.2, 0.25) is 0 Å². The van der Waals surface area contributed by atoms with Crippen molar-refractivity contribution in [3.8, 4) is 0 Å². The molecule has 0 rings (SSSR count). The SMILES string of the molecule is C=C[Si](C)(C)C.C=C[Si](C)(C)C.CCC[Si](C)(C)OC.CO[SiH](C)C.CO[Si](C)(C)C.CO[Si](C)(C)C.CO[Si](C)(C)C.[2H]C[S-].[V].[V].[V].[V].[V].[V].[V].[V].[V].[V].[V].[V].[V].[V].[V].[V].[V].[V].[V].[V].[V].[V].[V].[V].[V].[V].[V].[V].[V].[V].[V]. The monoisotopic (exact) mass is 2360 g/mol. The Kier molecular flexibility index (Phi) is 616. The topological polar surface area (TPSA) is 46.2 Å². The van der Waals surface area contributed by atoms with Crippen LogP contribution in [0.2, 0.25) is 130 Å². The average Bonchev–Trinajstić information content (AvgIpc) is 2.89. The molecule has 0 aliphatic carbocycles. The second-order valence-electron chi connectivity index (χ2n) is 16.1. The Morgan fingerprint density at radius 3 is 0.461 bits per heavy atom. The summed E-state index contributed by atoms with van der Waals surface area (Å²) in [5.74, 6) is 0. The first-order valence-corrected chi connectivity index (χ1v) is 39.8. The fourth-order valence-corrected chi connectivity index (χ4v) is 2.11. The summed E-state index contributed by atoms with van der Waals surface area (Å²) < 4.78 is 31.5. The minimum Gasteiger partial charge on any atom is -0.796 e. The molecule has 0 bridgehead atoms. The van der Waals surface area contributed by atoms with E-state index in [9.17, 15) is 0 Å². The summed E-state index contributed by atoms with van der Waals surface area (Å²) in [6, 6.07) is 1.28. The van der Waals surface area contributed by atoms with Crippen LogP contribution in [0.1, 0.15) is 14.7 Å². The molecule has 437 valence electrons. The molecular weight excluding hydrogens is 2270 g/mol. The third-order valence-electron chi connectivity index (χ3n) is 4.94. The molecule has 0 aromatic heterocycles. The fourth-order valence-electron chi connectivity index (χ4n) is 0.704. The molecule has 0 saturated heterocycles. The Balaban J connectivity index is -0.00000000551. The summed E-state index contributed by atoms with van der Waals surface area (Å²) in [6.07, 6.45) is 1.34. The molecule has 0 N–H and O–H groups in total. The molecule has 0 atom stereocenters. The Morgan fingerprint density at radius 1 is 0.355 bits per heavy atom. The predicted molar refractivity (Wildman–Crippen MR) is 237 cm³/mol. The van der Waals surface area contributed by atoms with Gasteiger partial charge in [-0.2, -0.15) is 6.23 Å². The molecule has 0 aliphatic heterocycles. The molecule has 0 aromatic carbocycles. The van der Waals surface area contributed by atoms with Crippen molar-refractivity contribution < 1.29 is 599 Å². The molecule has 5 nitrogen and oxygen atoms in total. The summed E-state index contributed by atoms with van der Waals surface area (Å²) in [7, 11) is 1.94. The van der Waals surface area contributed by atoms with Crippen LogP contribution in [0.4, 0.5) is 0 Å². The molecule has 0 heterocycles. The van der Waals surface area contributed by atoms with Gasteiger partial charge in [0, 0.05) is 611 Å². The largest absolute Gasteiger partial charge is 0.796 e. The zero-order chi connectivity index (χ0) is 39.6. The minimum atomic E-state index is -1.18. The number of hydrogen-bond donors (Lipinski definition) is 0. The summed E-state index contributed by atoms with van der Waals surface area (Å²) in [5.41, 5.74) is 4.15. The zero-order valence-electron chi connectivity index (χ0n) is 50.6. The van der Waals surface area contributed by atoms with E-state index in [-0.39, 0.29) is 581 Å². The summed E-state index contributed by atoms with van der Waals surface area (Å²) in [6.45, 7) is 51.4. The molecule has 76 heavy (non-hydrogen) atoms. The third kappa shape index (κ3) is 424. The van der Waals surface area contributed by atoms with E-state index in [0.29, 0.717) is 0 Å². The Hall–Kier alpha value is 19.3. The average molecular weight is 2360 g/mol. The molecule has 0 fully saturated rings. The molecular formula is C32H89O5SSi7V31-. The summed E-state index contributed by atoms with van der Waals surface area (Å²) in [4.78, 5) is 0. The van der Waals surface area contributed by atoms with Gasteiger partial charge >= 0.3 is 0 Å². The Morgan fingerprint density at radius 2 is 0.447 bits per heavy atom. The van der Waals surface area contributed by atoms with Crippen LogP contribution in [0.15, 0.2) is 24.6 Å². The van der Waals surface area contributed by atoms with Crippen LogP contribution in [0.3, 0.4) is 0 Å². The van der Waals surface area contributed by atoms with Gasteiger partial charge in [-0.15, -0.1) is 24.6 Å². The Bertz CT molecular complexity index is 636. The van der Waals surface area contributed by atoms with Gasteiger partial charge in [-0.3, -0.25) is 0 Å². The first-order valence-electron chi connectivity index (χ1n) is 16.7. The van der Waals surface area contributed by atoms with Crippen molar-refractivity contribution in [1.29, 1.82) is 0 Å². The molecule has 0 aromatic rings. The molecule has 31 radical (unpaired) electrons. The molecule has 0 aliphatic rings. The van der Waals surface area contributed by atoms with E-state index in [1.165, 1.54) is 12.5 Å². The van der Waals surface area contributed by atoms with E-state index < -0.39 is 58.5 Å². The van der Waals surface area contributed by atoms with Crippen LogP contribution in [-0.4, -0.2) is 100 Å². The zero-order valence-corrected chi connectivity index (χ0v) is 101. The van der Waals surface area contributed by atoms with Crippen molar-refractivity contribution in [3.63, 3.8) is 0 Å². The number of rotatable bonds is 9. The Labute approximate surface area is 861 Å². The van der Waals surface area contributed by atoms with Gasteiger partial charge in [0.05, 0.1) is 16.1 Å². The van der Waals surface area contributed by atoms with E-state index >= 15 is 0 Å². The van der Waals surface area contributed by atoms with Crippen molar-refractivity contribution in [2.75, 3.05) is 41.8 Å². The van der Waals surface area contributed by atoms with Crippen LogP contribution >= 0.6 is 0 Å². The number of hydrogen-bond acceptors (Lipinski definition) is 6. The minimum absolute atomic E-state index is 0.